The molecule has 3 heteroatoms. The van der Waals surface area contributed by atoms with E-state index in [4.69, 9.17) is 10.4 Å². The molecule has 5 atom stereocenters. The fourth-order valence-electron chi connectivity index (χ4n) is 5.83. The maximum atomic E-state index is 11.1. The van der Waals surface area contributed by atoms with E-state index >= 15 is 0 Å². The molecule has 0 spiro atoms. The number of rotatable bonds is 4. The van der Waals surface area contributed by atoms with Crippen molar-refractivity contribution in [3.8, 4) is 6.07 Å². The topological polar surface area (TPSA) is 61.1 Å². The van der Waals surface area contributed by atoms with Crippen molar-refractivity contribution in [2.75, 3.05) is 0 Å². The summed E-state index contributed by atoms with van der Waals surface area (Å²) in [5.41, 5.74) is 3.11. The standard InChI is InChI=1S/C21H29NO2/c1-14-5-8-19-18(17(14)4-3-11-22)7-6-16-12-15(13-20(23)24)9-10-21(16,19)2/h6,15,17-19H,1,3-5,7-10,12-13H2,2H3,(H,23,24)/t15-,17+,18-,19-,21-/m0/s1. The van der Waals surface area contributed by atoms with Crippen molar-refractivity contribution in [2.45, 2.75) is 64.7 Å². The second-order valence-electron chi connectivity index (χ2n) is 8.36. The van der Waals surface area contributed by atoms with E-state index < -0.39 is 5.97 Å². The quantitative estimate of drug-likeness (QED) is 0.731. The van der Waals surface area contributed by atoms with Gasteiger partial charge in [-0.15, -0.1) is 0 Å². The van der Waals surface area contributed by atoms with Crippen molar-refractivity contribution in [1.29, 1.82) is 5.26 Å². The largest absolute Gasteiger partial charge is 0.481 e. The van der Waals surface area contributed by atoms with Crippen LogP contribution < -0.4 is 0 Å². The Morgan fingerprint density at radius 1 is 1.50 bits per heavy atom. The van der Waals surface area contributed by atoms with Crippen LogP contribution in [0.25, 0.3) is 0 Å². The fourth-order valence-corrected chi connectivity index (χ4v) is 5.83. The first-order chi connectivity index (χ1) is 11.5. The predicted molar refractivity (Wildman–Crippen MR) is 94.1 cm³/mol. The first-order valence-electron chi connectivity index (χ1n) is 9.41. The van der Waals surface area contributed by atoms with Gasteiger partial charge in [-0.05, 0) is 74.0 Å². The minimum absolute atomic E-state index is 0.240. The summed E-state index contributed by atoms with van der Waals surface area (Å²) in [5.74, 6) is 1.45. The maximum absolute atomic E-state index is 11.1. The van der Waals surface area contributed by atoms with Crippen LogP contribution in [0, 0.1) is 40.4 Å². The van der Waals surface area contributed by atoms with Gasteiger partial charge in [-0.2, -0.15) is 5.26 Å². The van der Waals surface area contributed by atoms with E-state index in [-0.39, 0.29) is 5.41 Å². The van der Waals surface area contributed by atoms with E-state index in [2.05, 4.69) is 25.6 Å². The fraction of sp³-hybridized carbons (Fsp3) is 0.714. The highest BCUT2D eigenvalue weighted by Crippen LogP contribution is 2.60. The summed E-state index contributed by atoms with van der Waals surface area (Å²) in [7, 11) is 0. The van der Waals surface area contributed by atoms with Crippen molar-refractivity contribution in [3.05, 3.63) is 23.8 Å². The van der Waals surface area contributed by atoms with Gasteiger partial charge < -0.3 is 5.11 Å². The van der Waals surface area contributed by atoms with Crippen molar-refractivity contribution < 1.29 is 9.90 Å². The van der Waals surface area contributed by atoms with Crippen molar-refractivity contribution in [2.24, 2.45) is 29.1 Å². The van der Waals surface area contributed by atoms with Crippen LogP contribution in [0.2, 0.25) is 0 Å². The Kier molecular flexibility index (Phi) is 4.85. The molecule has 3 rings (SSSR count). The first-order valence-corrected chi connectivity index (χ1v) is 9.41. The molecule has 3 aliphatic carbocycles. The van der Waals surface area contributed by atoms with E-state index in [1.807, 2.05) is 0 Å². The second-order valence-corrected chi connectivity index (χ2v) is 8.36. The molecule has 0 aromatic heterocycles. The summed E-state index contributed by atoms with van der Waals surface area (Å²) in [6.07, 6.45) is 10.8. The average molecular weight is 327 g/mol. The van der Waals surface area contributed by atoms with Gasteiger partial charge >= 0.3 is 5.97 Å². The van der Waals surface area contributed by atoms with E-state index in [9.17, 15) is 4.79 Å². The highest BCUT2D eigenvalue weighted by molar-refractivity contribution is 5.67. The Labute approximate surface area is 145 Å². The average Bonchev–Trinajstić information content (AvgIpc) is 2.53. The van der Waals surface area contributed by atoms with Crippen LogP contribution in [0.1, 0.15) is 64.7 Å². The minimum atomic E-state index is -0.663. The van der Waals surface area contributed by atoms with Gasteiger partial charge in [-0.3, -0.25) is 4.79 Å². The summed E-state index contributed by atoms with van der Waals surface area (Å²) >= 11 is 0. The van der Waals surface area contributed by atoms with Gasteiger partial charge in [0, 0.05) is 12.8 Å². The number of hydrogen-bond acceptors (Lipinski definition) is 2. The molecule has 2 saturated carbocycles. The number of aliphatic carboxylic acids is 1. The van der Waals surface area contributed by atoms with Gasteiger partial charge in [0.25, 0.3) is 0 Å². The van der Waals surface area contributed by atoms with Gasteiger partial charge in [0.1, 0.15) is 0 Å². The molecular weight excluding hydrogens is 298 g/mol. The van der Waals surface area contributed by atoms with Crippen LogP contribution in [-0.2, 0) is 4.79 Å². The molecule has 130 valence electrons. The van der Waals surface area contributed by atoms with Gasteiger partial charge in [0.2, 0.25) is 0 Å². The molecule has 2 fully saturated rings. The van der Waals surface area contributed by atoms with E-state index in [0.29, 0.717) is 36.5 Å². The molecule has 0 amide bonds. The Morgan fingerprint density at radius 2 is 2.29 bits per heavy atom. The number of nitriles is 1. The van der Waals surface area contributed by atoms with Crippen molar-refractivity contribution in [1.82, 2.24) is 0 Å². The van der Waals surface area contributed by atoms with Gasteiger partial charge in [0.05, 0.1) is 6.07 Å². The maximum Gasteiger partial charge on any atom is 0.303 e. The Balaban J connectivity index is 1.81. The minimum Gasteiger partial charge on any atom is -0.481 e. The van der Waals surface area contributed by atoms with Crippen LogP contribution in [0.3, 0.4) is 0 Å². The lowest BCUT2D eigenvalue weighted by Crippen LogP contribution is -2.45. The molecule has 0 aliphatic heterocycles. The first kappa shape index (κ1) is 17.3. The molecular formula is C21H29NO2. The van der Waals surface area contributed by atoms with Crippen LogP contribution in [0.5, 0.6) is 0 Å². The third-order valence-electron chi connectivity index (χ3n) is 7.13. The molecule has 3 nitrogen and oxygen atoms in total. The lowest BCUT2D eigenvalue weighted by atomic mass is 9.50. The zero-order valence-electron chi connectivity index (χ0n) is 14.8. The highest BCUT2D eigenvalue weighted by Gasteiger charge is 2.50. The van der Waals surface area contributed by atoms with Crippen LogP contribution in [-0.4, -0.2) is 11.1 Å². The summed E-state index contributed by atoms with van der Waals surface area (Å²) in [4.78, 5) is 11.1. The Morgan fingerprint density at radius 3 is 3.00 bits per heavy atom. The summed E-state index contributed by atoms with van der Waals surface area (Å²) in [6.45, 7) is 6.73. The number of hydrogen-bond donors (Lipinski definition) is 1. The number of nitrogens with zero attached hydrogens (tertiary/aromatic N) is 1. The van der Waals surface area contributed by atoms with Crippen LogP contribution >= 0.6 is 0 Å². The number of carboxylic acids is 1. The number of fused-ring (bicyclic) bond motifs is 3. The summed E-state index contributed by atoms with van der Waals surface area (Å²) in [6, 6.07) is 2.31. The lowest BCUT2D eigenvalue weighted by Gasteiger charge is -2.55. The van der Waals surface area contributed by atoms with Gasteiger partial charge in [-0.1, -0.05) is 30.7 Å². The van der Waals surface area contributed by atoms with Gasteiger partial charge in [0.15, 0.2) is 0 Å². The monoisotopic (exact) mass is 327 g/mol. The van der Waals surface area contributed by atoms with Crippen LogP contribution in [0.15, 0.2) is 23.8 Å². The Bertz CT molecular complexity index is 599. The summed E-state index contributed by atoms with van der Waals surface area (Å²) in [5, 5.41) is 18.1. The molecule has 24 heavy (non-hydrogen) atoms. The number of allylic oxidation sites excluding steroid dienone is 3. The van der Waals surface area contributed by atoms with E-state index in [1.54, 1.807) is 0 Å². The Hall–Kier alpha value is -1.56. The third-order valence-corrected chi connectivity index (χ3v) is 7.13. The molecule has 3 aliphatic rings. The lowest BCUT2D eigenvalue weighted by molar-refractivity contribution is -0.138. The molecule has 1 N–H and O–H groups in total. The molecule has 0 radical (unpaired) electrons. The molecule has 0 aromatic rings. The van der Waals surface area contributed by atoms with Gasteiger partial charge in [-0.25, -0.2) is 0 Å². The van der Waals surface area contributed by atoms with E-state index in [0.717, 1.165) is 38.5 Å². The molecule has 0 unspecified atom stereocenters. The van der Waals surface area contributed by atoms with Crippen molar-refractivity contribution in [3.63, 3.8) is 0 Å². The smallest absolute Gasteiger partial charge is 0.303 e. The molecule has 0 aromatic carbocycles. The van der Waals surface area contributed by atoms with Crippen LogP contribution in [0.4, 0.5) is 0 Å². The molecule has 0 saturated heterocycles. The number of carboxylic acid groups (broad SMARTS) is 1. The second kappa shape index (κ2) is 6.75. The zero-order valence-corrected chi connectivity index (χ0v) is 14.8. The molecule has 0 heterocycles. The highest BCUT2D eigenvalue weighted by atomic mass is 16.4. The number of carbonyl (C=O) groups is 1. The predicted octanol–water partition coefficient (Wildman–Crippen LogP) is 5.10. The zero-order chi connectivity index (χ0) is 17.3. The summed E-state index contributed by atoms with van der Waals surface area (Å²) < 4.78 is 0. The van der Waals surface area contributed by atoms with Crippen molar-refractivity contribution >= 4 is 5.97 Å². The normalized spacial score (nSPS) is 38.5. The van der Waals surface area contributed by atoms with E-state index in [1.165, 1.54) is 17.6 Å². The molecule has 0 bridgehead atoms. The third kappa shape index (κ3) is 3.04. The SMILES string of the molecule is C=C1CC[C@H]2[C@@H](CC=C3C[C@@H](CC(=O)O)CC[C@@]32C)[C@@H]1CCC#N.